The van der Waals surface area contributed by atoms with E-state index in [-0.39, 0.29) is 10.6 Å². The van der Waals surface area contributed by atoms with Gasteiger partial charge in [0.25, 0.3) is 5.91 Å². The molecule has 1 atom stereocenters. The van der Waals surface area contributed by atoms with Crippen molar-refractivity contribution in [1.82, 2.24) is 0 Å². The summed E-state index contributed by atoms with van der Waals surface area (Å²) in [7, 11) is 1.45. The van der Waals surface area contributed by atoms with Crippen molar-refractivity contribution >= 4 is 29.2 Å². The van der Waals surface area contributed by atoms with E-state index >= 15 is 0 Å². The molecule has 28 heavy (non-hydrogen) atoms. The number of benzene rings is 2. The fraction of sp³-hybridized carbons (Fsp3) is 0.333. The summed E-state index contributed by atoms with van der Waals surface area (Å²) in [4.78, 5) is 24.8. The number of rotatable bonds is 7. The molecule has 0 bridgehead atoms. The highest BCUT2D eigenvalue weighted by Gasteiger charge is 2.22. The van der Waals surface area contributed by atoms with Gasteiger partial charge in [-0.2, -0.15) is 0 Å². The summed E-state index contributed by atoms with van der Waals surface area (Å²) >= 11 is 6.18. The third kappa shape index (κ3) is 5.16. The van der Waals surface area contributed by atoms with Crippen molar-refractivity contribution in [1.29, 1.82) is 0 Å². The number of nitrogens with one attached hydrogen (secondary N) is 1. The van der Waals surface area contributed by atoms with Gasteiger partial charge in [0.15, 0.2) is 17.6 Å². The molecule has 150 valence electrons. The number of carbonyl (C=O) groups excluding carboxylic acids is 2. The lowest BCUT2D eigenvalue weighted by atomic mass is 10.1. The predicted molar refractivity (Wildman–Crippen MR) is 109 cm³/mol. The minimum atomic E-state index is -0.996. The molecule has 1 amide bonds. The first-order chi connectivity index (χ1) is 13.3. The van der Waals surface area contributed by atoms with Gasteiger partial charge < -0.3 is 19.5 Å². The molecule has 6 nitrogen and oxygen atoms in total. The summed E-state index contributed by atoms with van der Waals surface area (Å²) in [6.45, 7) is 7.58. The molecule has 0 radical (unpaired) electrons. The summed E-state index contributed by atoms with van der Waals surface area (Å²) < 4.78 is 15.9. The molecule has 0 saturated carbocycles. The molecule has 0 heterocycles. The average molecular weight is 406 g/mol. The molecule has 0 spiro atoms. The summed E-state index contributed by atoms with van der Waals surface area (Å²) in [6.07, 6.45) is -0.996. The molecule has 0 saturated heterocycles. The zero-order chi connectivity index (χ0) is 20.8. The molecule has 1 N–H and O–H groups in total. The molecule has 2 rings (SSSR count). The van der Waals surface area contributed by atoms with Crippen molar-refractivity contribution in [3.8, 4) is 11.5 Å². The standard InChI is InChI=1S/C21H24ClNO5/c1-6-27-19-16(22)10-15(11-18(19)26-5)21(25)28-14(4)20(24)23-17-8-7-12(2)9-13(17)3/h7-11,14H,6H2,1-5H3,(H,23,24)/t14-/m0/s1. The number of hydrogen-bond donors (Lipinski definition) is 1. The Hall–Kier alpha value is -2.73. The maximum Gasteiger partial charge on any atom is 0.339 e. The zero-order valence-electron chi connectivity index (χ0n) is 16.6. The second-order valence-electron chi connectivity index (χ2n) is 6.28. The topological polar surface area (TPSA) is 73.9 Å². The molecule has 2 aromatic rings. The minimum Gasteiger partial charge on any atom is -0.493 e. The van der Waals surface area contributed by atoms with Crippen LogP contribution in [-0.4, -0.2) is 31.7 Å². The number of ether oxygens (including phenoxy) is 3. The lowest BCUT2D eigenvalue weighted by Gasteiger charge is -2.16. The second-order valence-corrected chi connectivity index (χ2v) is 6.68. The van der Waals surface area contributed by atoms with Crippen molar-refractivity contribution in [2.75, 3.05) is 19.0 Å². The maximum absolute atomic E-state index is 12.5. The van der Waals surface area contributed by atoms with Gasteiger partial charge in [0.2, 0.25) is 0 Å². The highest BCUT2D eigenvalue weighted by Crippen LogP contribution is 2.36. The number of anilines is 1. The number of halogens is 1. The second kappa shape index (κ2) is 9.46. The van der Waals surface area contributed by atoms with Gasteiger partial charge in [0.1, 0.15) is 0 Å². The lowest BCUT2D eigenvalue weighted by molar-refractivity contribution is -0.123. The quantitative estimate of drug-likeness (QED) is 0.684. The number of hydrogen-bond acceptors (Lipinski definition) is 5. The van der Waals surface area contributed by atoms with Gasteiger partial charge in [-0.3, -0.25) is 4.79 Å². The highest BCUT2D eigenvalue weighted by molar-refractivity contribution is 6.32. The Morgan fingerprint density at radius 1 is 1.18 bits per heavy atom. The summed E-state index contributed by atoms with van der Waals surface area (Å²) in [5.74, 6) is -0.451. The van der Waals surface area contributed by atoms with Crippen LogP contribution in [0.4, 0.5) is 5.69 Å². The van der Waals surface area contributed by atoms with Gasteiger partial charge in [0, 0.05) is 5.69 Å². The van der Waals surface area contributed by atoms with Gasteiger partial charge in [-0.25, -0.2) is 4.79 Å². The number of esters is 1. The molecule has 0 aliphatic carbocycles. The Kier molecular flexibility index (Phi) is 7.29. The number of amides is 1. The van der Waals surface area contributed by atoms with Crippen molar-refractivity contribution in [3.63, 3.8) is 0 Å². The first-order valence-corrected chi connectivity index (χ1v) is 9.24. The largest absolute Gasteiger partial charge is 0.493 e. The molecular weight excluding hydrogens is 382 g/mol. The van der Waals surface area contributed by atoms with E-state index in [4.69, 9.17) is 25.8 Å². The average Bonchev–Trinajstić information content (AvgIpc) is 2.65. The Morgan fingerprint density at radius 3 is 2.50 bits per heavy atom. The van der Waals surface area contributed by atoms with Crippen LogP contribution in [0.1, 0.15) is 35.3 Å². The van der Waals surface area contributed by atoms with Crippen LogP contribution in [0.3, 0.4) is 0 Å². The normalized spacial score (nSPS) is 11.5. The molecule has 2 aromatic carbocycles. The van der Waals surface area contributed by atoms with Crippen molar-refractivity contribution < 1.29 is 23.8 Å². The number of aryl methyl sites for hydroxylation is 2. The third-order valence-corrected chi connectivity index (χ3v) is 4.33. The van der Waals surface area contributed by atoms with E-state index in [2.05, 4.69) is 5.32 Å². The van der Waals surface area contributed by atoms with Crippen LogP contribution in [0.5, 0.6) is 11.5 Å². The summed E-state index contributed by atoms with van der Waals surface area (Å²) in [5.41, 5.74) is 2.85. The first-order valence-electron chi connectivity index (χ1n) is 8.86. The van der Waals surface area contributed by atoms with E-state index in [1.165, 1.54) is 26.2 Å². The first kappa shape index (κ1) is 21.6. The van der Waals surface area contributed by atoms with Gasteiger partial charge in [-0.15, -0.1) is 0 Å². The summed E-state index contributed by atoms with van der Waals surface area (Å²) in [5, 5.41) is 2.99. The highest BCUT2D eigenvalue weighted by atomic mass is 35.5. The van der Waals surface area contributed by atoms with E-state index in [0.29, 0.717) is 23.8 Å². The van der Waals surface area contributed by atoms with Crippen LogP contribution in [0.25, 0.3) is 0 Å². The van der Waals surface area contributed by atoms with Crippen LogP contribution >= 0.6 is 11.6 Å². The Balaban J connectivity index is 2.11. The van der Waals surface area contributed by atoms with E-state index in [1.807, 2.05) is 39.0 Å². The van der Waals surface area contributed by atoms with Crippen LogP contribution in [0.2, 0.25) is 5.02 Å². The van der Waals surface area contributed by atoms with Crippen LogP contribution in [-0.2, 0) is 9.53 Å². The van der Waals surface area contributed by atoms with Crippen LogP contribution in [0, 0.1) is 13.8 Å². The van der Waals surface area contributed by atoms with E-state index in [1.54, 1.807) is 0 Å². The van der Waals surface area contributed by atoms with Crippen molar-refractivity contribution in [2.45, 2.75) is 33.8 Å². The Labute approximate surface area is 169 Å². The predicted octanol–water partition coefficient (Wildman–Crippen LogP) is 4.55. The zero-order valence-corrected chi connectivity index (χ0v) is 17.3. The fourth-order valence-corrected chi connectivity index (χ4v) is 2.86. The van der Waals surface area contributed by atoms with Crippen molar-refractivity contribution in [3.05, 3.63) is 52.0 Å². The number of carbonyl (C=O) groups is 2. The van der Waals surface area contributed by atoms with Gasteiger partial charge in [0.05, 0.1) is 24.3 Å². The smallest absolute Gasteiger partial charge is 0.339 e. The van der Waals surface area contributed by atoms with Gasteiger partial charge in [-0.05, 0) is 51.5 Å². The van der Waals surface area contributed by atoms with Crippen molar-refractivity contribution in [2.24, 2.45) is 0 Å². The SMILES string of the molecule is CCOc1c(Cl)cc(C(=O)O[C@@H](C)C(=O)Nc2ccc(C)cc2C)cc1OC. The Morgan fingerprint density at radius 2 is 1.89 bits per heavy atom. The fourth-order valence-electron chi connectivity index (χ4n) is 2.59. The molecule has 0 fully saturated rings. The Bertz CT molecular complexity index is 881. The molecule has 0 aromatic heterocycles. The molecule has 7 heteroatoms. The van der Waals surface area contributed by atoms with Crippen LogP contribution < -0.4 is 14.8 Å². The van der Waals surface area contributed by atoms with E-state index < -0.39 is 18.0 Å². The minimum absolute atomic E-state index is 0.163. The molecule has 0 unspecified atom stereocenters. The van der Waals surface area contributed by atoms with E-state index in [9.17, 15) is 9.59 Å². The number of methoxy groups -OCH3 is 1. The molecule has 0 aliphatic rings. The monoisotopic (exact) mass is 405 g/mol. The third-order valence-electron chi connectivity index (χ3n) is 4.05. The lowest BCUT2D eigenvalue weighted by Crippen LogP contribution is -2.30. The van der Waals surface area contributed by atoms with Crippen LogP contribution in [0.15, 0.2) is 30.3 Å². The van der Waals surface area contributed by atoms with E-state index in [0.717, 1.165) is 11.1 Å². The summed E-state index contributed by atoms with van der Waals surface area (Å²) in [6, 6.07) is 8.56. The van der Waals surface area contributed by atoms with Gasteiger partial charge >= 0.3 is 5.97 Å². The molecular formula is C21H24ClNO5. The van der Waals surface area contributed by atoms with Gasteiger partial charge in [-0.1, -0.05) is 29.3 Å². The molecule has 0 aliphatic heterocycles. The maximum atomic E-state index is 12.5.